The Kier molecular flexibility index (Phi) is 3.38. The Morgan fingerprint density at radius 3 is 2.50 bits per heavy atom. The van der Waals surface area contributed by atoms with Gasteiger partial charge in [-0.1, -0.05) is 11.6 Å². The van der Waals surface area contributed by atoms with Gasteiger partial charge < -0.3 is 11.1 Å². The fraction of sp³-hybridized carbons (Fsp3) is 0.0667. The van der Waals surface area contributed by atoms with E-state index < -0.39 is 11.7 Å². The van der Waals surface area contributed by atoms with Crippen molar-refractivity contribution in [2.75, 3.05) is 11.1 Å². The summed E-state index contributed by atoms with van der Waals surface area (Å²) in [5.74, 6) is 0. The van der Waals surface area contributed by atoms with Crippen LogP contribution in [0, 0.1) is 0 Å². The number of nitrogens with zero attached hydrogens (tertiary/aromatic N) is 2. The van der Waals surface area contributed by atoms with Crippen molar-refractivity contribution >= 4 is 40.0 Å². The second-order valence-electron chi connectivity index (χ2n) is 4.86. The standard InChI is InChI=1S/C15H13ClN4O2/c1-19-12-7-4-10(17)8-13(12)20(15(19)22)14(21)18-11-5-2-9(16)3-6-11/h2-8H,17H2,1H3,(H,18,21). The summed E-state index contributed by atoms with van der Waals surface area (Å²) < 4.78 is 2.45. The van der Waals surface area contributed by atoms with Gasteiger partial charge in [0.1, 0.15) is 0 Å². The molecule has 22 heavy (non-hydrogen) atoms. The van der Waals surface area contributed by atoms with Crippen molar-refractivity contribution < 1.29 is 4.79 Å². The van der Waals surface area contributed by atoms with Crippen LogP contribution in [-0.4, -0.2) is 15.2 Å². The number of carbonyl (C=O) groups is 1. The molecule has 0 aliphatic carbocycles. The molecule has 2 aromatic carbocycles. The number of benzene rings is 2. The van der Waals surface area contributed by atoms with Gasteiger partial charge in [-0.15, -0.1) is 0 Å². The zero-order valence-corrected chi connectivity index (χ0v) is 12.5. The lowest BCUT2D eigenvalue weighted by Gasteiger charge is -2.06. The van der Waals surface area contributed by atoms with Crippen LogP contribution >= 0.6 is 11.6 Å². The van der Waals surface area contributed by atoms with Gasteiger partial charge in [0, 0.05) is 23.4 Å². The molecule has 0 saturated heterocycles. The molecule has 3 N–H and O–H groups in total. The van der Waals surface area contributed by atoms with Crippen LogP contribution < -0.4 is 16.7 Å². The average Bonchev–Trinajstić information content (AvgIpc) is 2.73. The normalized spacial score (nSPS) is 10.8. The number of fused-ring (bicyclic) bond motifs is 1. The predicted molar refractivity (Wildman–Crippen MR) is 87.5 cm³/mol. The summed E-state index contributed by atoms with van der Waals surface area (Å²) in [5, 5.41) is 3.23. The average molecular weight is 317 g/mol. The first kappa shape index (κ1) is 14.2. The van der Waals surface area contributed by atoms with Gasteiger partial charge in [-0.2, -0.15) is 0 Å². The molecule has 3 rings (SSSR count). The molecule has 1 amide bonds. The minimum Gasteiger partial charge on any atom is -0.399 e. The topological polar surface area (TPSA) is 82.0 Å². The number of imidazole rings is 1. The van der Waals surface area contributed by atoms with Crippen molar-refractivity contribution in [2.45, 2.75) is 0 Å². The molecule has 0 aliphatic rings. The molecular formula is C15H13ClN4O2. The van der Waals surface area contributed by atoms with Crippen molar-refractivity contribution in [3.63, 3.8) is 0 Å². The zero-order chi connectivity index (χ0) is 15.9. The van der Waals surface area contributed by atoms with Gasteiger partial charge in [0.2, 0.25) is 0 Å². The van der Waals surface area contributed by atoms with E-state index in [4.69, 9.17) is 17.3 Å². The Labute approximate surface area is 130 Å². The van der Waals surface area contributed by atoms with Crippen molar-refractivity contribution in [3.05, 3.63) is 58.0 Å². The molecule has 1 aromatic heterocycles. The van der Waals surface area contributed by atoms with E-state index in [2.05, 4.69) is 5.32 Å². The number of carbonyl (C=O) groups excluding carboxylic acids is 1. The molecule has 0 atom stereocenters. The summed E-state index contributed by atoms with van der Waals surface area (Å²) in [7, 11) is 1.60. The number of amides is 1. The number of hydrogen-bond acceptors (Lipinski definition) is 3. The van der Waals surface area contributed by atoms with Crippen LogP contribution in [0.1, 0.15) is 0 Å². The van der Waals surface area contributed by atoms with Crippen LogP contribution in [0.4, 0.5) is 16.2 Å². The molecule has 0 radical (unpaired) electrons. The van der Waals surface area contributed by atoms with Gasteiger partial charge in [0.15, 0.2) is 0 Å². The number of anilines is 2. The van der Waals surface area contributed by atoms with Gasteiger partial charge in [-0.3, -0.25) is 4.57 Å². The third kappa shape index (κ3) is 2.33. The maximum absolute atomic E-state index is 12.4. The quantitative estimate of drug-likeness (QED) is 0.677. The number of halogens is 1. The smallest absolute Gasteiger partial charge is 0.337 e. The molecular weight excluding hydrogens is 304 g/mol. The Hall–Kier alpha value is -2.73. The second kappa shape index (κ2) is 5.23. The number of aryl methyl sites for hydroxylation is 1. The third-order valence-electron chi connectivity index (χ3n) is 3.38. The van der Waals surface area contributed by atoms with E-state index in [9.17, 15) is 9.59 Å². The number of nitrogens with two attached hydrogens (primary N) is 1. The highest BCUT2D eigenvalue weighted by molar-refractivity contribution is 6.30. The molecule has 112 valence electrons. The van der Waals surface area contributed by atoms with Crippen LogP contribution in [0.5, 0.6) is 0 Å². The van der Waals surface area contributed by atoms with E-state index in [1.54, 1.807) is 49.5 Å². The fourth-order valence-electron chi connectivity index (χ4n) is 2.27. The molecule has 0 fully saturated rings. The fourth-order valence-corrected chi connectivity index (χ4v) is 2.39. The van der Waals surface area contributed by atoms with Gasteiger partial charge in [0.05, 0.1) is 11.0 Å². The summed E-state index contributed by atoms with van der Waals surface area (Å²) in [5.41, 5.74) is 7.42. The molecule has 0 unspecified atom stereocenters. The molecule has 7 heteroatoms. The van der Waals surface area contributed by atoms with E-state index in [-0.39, 0.29) is 0 Å². The maximum Gasteiger partial charge on any atom is 0.337 e. The predicted octanol–water partition coefficient (Wildman–Crippen LogP) is 2.66. The third-order valence-corrected chi connectivity index (χ3v) is 3.63. The Morgan fingerprint density at radius 1 is 1.14 bits per heavy atom. The molecule has 0 saturated carbocycles. The van der Waals surface area contributed by atoms with Crippen LogP contribution in [0.2, 0.25) is 5.02 Å². The zero-order valence-electron chi connectivity index (χ0n) is 11.7. The minimum absolute atomic E-state index is 0.438. The summed E-state index contributed by atoms with van der Waals surface area (Å²) in [6.45, 7) is 0. The van der Waals surface area contributed by atoms with E-state index >= 15 is 0 Å². The Bertz CT molecular complexity index is 925. The molecule has 0 spiro atoms. The van der Waals surface area contributed by atoms with Gasteiger partial charge >= 0.3 is 11.7 Å². The molecule has 3 aromatic rings. The monoisotopic (exact) mass is 316 g/mol. The lowest BCUT2D eigenvalue weighted by Crippen LogP contribution is -2.31. The highest BCUT2D eigenvalue weighted by Crippen LogP contribution is 2.17. The number of hydrogen-bond donors (Lipinski definition) is 2. The van der Waals surface area contributed by atoms with E-state index in [0.717, 1.165) is 4.57 Å². The van der Waals surface area contributed by atoms with Gasteiger partial charge in [-0.25, -0.2) is 14.2 Å². The molecule has 1 heterocycles. The number of rotatable bonds is 1. The van der Waals surface area contributed by atoms with Crippen LogP contribution in [-0.2, 0) is 7.05 Å². The summed E-state index contributed by atoms with van der Waals surface area (Å²) in [6.07, 6.45) is 0. The summed E-state index contributed by atoms with van der Waals surface area (Å²) >= 11 is 5.80. The summed E-state index contributed by atoms with van der Waals surface area (Å²) in [6, 6.07) is 11.1. The highest BCUT2D eigenvalue weighted by Gasteiger charge is 2.17. The molecule has 0 aliphatic heterocycles. The minimum atomic E-state index is -0.552. The highest BCUT2D eigenvalue weighted by atomic mass is 35.5. The lowest BCUT2D eigenvalue weighted by atomic mass is 10.3. The molecule has 0 bridgehead atoms. The van der Waals surface area contributed by atoms with Crippen LogP contribution in [0.15, 0.2) is 47.3 Å². The first-order chi connectivity index (χ1) is 10.5. The Morgan fingerprint density at radius 2 is 1.82 bits per heavy atom. The van der Waals surface area contributed by atoms with Crippen molar-refractivity contribution in [2.24, 2.45) is 7.05 Å². The SMILES string of the molecule is Cn1c(=O)n(C(=O)Nc2ccc(Cl)cc2)c2cc(N)ccc21. The first-order valence-corrected chi connectivity index (χ1v) is 6.89. The largest absolute Gasteiger partial charge is 0.399 e. The van der Waals surface area contributed by atoms with Crippen molar-refractivity contribution in [1.82, 2.24) is 9.13 Å². The number of aromatic nitrogens is 2. The lowest BCUT2D eigenvalue weighted by molar-refractivity contribution is 0.253. The second-order valence-corrected chi connectivity index (χ2v) is 5.30. The van der Waals surface area contributed by atoms with E-state index in [1.807, 2.05) is 0 Å². The van der Waals surface area contributed by atoms with Crippen molar-refractivity contribution in [1.29, 1.82) is 0 Å². The van der Waals surface area contributed by atoms with E-state index in [0.29, 0.717) is 27.4 Å². The number of nitrogen functional groups attached to an aromatic ring is 1. The van der Waals surface area contributed by atoms with Gasteiger partial charge in [0.25, 0.3) is 0 Å². The number of nitrogens with one attached hydrogen (secondary N) is 1. The van der Waals surface area contributed by atoms with E-state index in [1.165, 1.54) is 4.57 Å². The van der Waals surface area contributed by atoms with Crippen LogP contribution in [0.3, 0.4) is 0 Å². The summed E-state index contributed by atoms with van der Waals surface area (Å²) in [4.78, 5) is 24.7. The Balaban J connectivity index is 2.07. The maximum atomic E-state index is 12.4. The van der Waals surface area contributed by atoms with Gasteiger partial charge in [-0.05, 0) is 42.5 Å². The van der Waals surface area contributed by atoms with Crippen molar-refractivity contribution in [3.8, 4) is 0 Å². The first-order valence-electron chi connectivity index (χ1n) is 6.51. The molecule has 6 nitrogen and oxygen atoms in total. The van der Waals surface area contributed by atoms with Crippen LogP contribution in [0.25, 0.3) is 11.0 Å².